The number of nitrogens with zero attached hydrogens (tertiary/aromatic N) is 1. The van der Waals surface area contributed by atoms with E-state index in [2.05, 4.69) is 4.98 Å². The summed E-state index contributed by atoms with van der Waals surface area (Å²) in [6.07, 6.45) is -0.726. The Bertz CT molecular complexity index is 1170. The van der Waals surface area contributed by atoms with Crippen LogP contribution in [-0.4, -0.2) is 46.4 Å². The van der Waals surface area contributed by atoms with Crippen LogP contribution in [0.2, 0.25) is 0 Å². The second-order valence-electron chi connectivity index (χ2n) is 8.25. The molecule has 1 aliphatic heterocycles. The van der Waals surface area contributed by atoms with Crippen LogP contribution in [0.5, 0.6) is 5.75 Å². The Morgan fingerprint density at radius 2 is 2.00 bits per heavy atom. The van der Waals surface area contributed by atoms with E-state index in [0.717, 1.165) is 5.56 Å². The number of aryl methyl sites for hydroxylation is 1. The number of carbonyl (C=O) groups excluding carboxylic acids is 1. The molecule has 0 aliphatic carbocycles. The average molecular weight is 496 g/mol. The molecule has 2 aromatic rings. The van der Waals surface area contributed by atoms with Gasteiger partial charge in [0.05, 0.1) is 6.61 Å². The monoisotopic (exact) mass is 496 g/mol. The van der Waals surface area contributed by atoms with Crippen LogP contribution in [0.1, 0.15) is 37.6 Å². The number of aliphatic hydroxyl groups excluding tert-OH is 1. The van der Waals surface area contributed by atoms with Crippen LogP contribution in [-0.2, 0) is 29.6 Å². The standard InChI is InChI=1S/C22H29N2O9P/c1-13(15(3)26)9-16-5-7-17(8-6-16)32-34(29,30-4)33-18-10-20(31-19(18)12-25)24-11-14(2)21(27)23-22(24)28/h5-8,11,13,18-20,25H,9-10,12H2,1-4H3,(H,23,27,28)/t13?,18-,19-,20?,34?/m1/s1. The van der Waals surface area contributed by atoms with Crippen molar-refractivity contribution in [2.24, 2.45) is 5.92 Å². The van der Waals surface area contributed by atoms with Gasteiger partial charge in [-0.2, -0.15) is 0 Å². The van der Waals surface area contributed by atoms with E-state index in [0.29, 0.717) is 12.0 Å². The summed E-state index contributed by atoms with van der Waals surface area (Å²) in [6.45, 7) is 4.46. The largest absolute Gasteiger partial charge is 0.530 e. The Morgan fingerprint density at radius 3 is 2.59 bits per heavy atom. The van der Waals surface area contributed by atoms with E-state index in [9.17, 15) is 24.1 Å². The highest BCUT2D eigenvalue weighted by Crippen LogP contribution is 2.52. The predicted molar refractivity (Wildman–Crippen MR) is 122 cm³/mol. The highest BCUT2D eigenvalue weighted by atomic mass is 31.2. The first-order valence-electron chi connectivity index (χ1n) is 10.8. The van der Waals surface area contributed by atoms with E-state index < -0.39 is 44.1 Å². The molecule has 1 aromatic carbocycles. The van der Waals surface area contributed by atoms with E-state index in [1.54, 1.807) is 38.1 Å². The average Bonchev–Trinajstić information content (AvgIpc) is 3.19. The van der Waals surface area contributed by atoms with Crippen LogP contribution in [0.25, 0.3) is 0 Å². The van der Waals surface area contributed by atoms with Crippen LogP contribution < -0.4 is 15.8 Å². The van der Waals surface area contributed by atoms with E-state index in [1.807, 2.05) is 6.92 Å². The smallest absolute Gasteiger partial charge is 0.404 e. The van der Waals surface area contributed by atoms with Crippen molar-refractivity contribution in [1.82, 2.24) is 9.55 Å². The van der Waals surface area contributed by atoms with Crippen molar-refractivity contribution in [3.05, 3.63) is 62.4 Å². The molecule has 186 valence electrons. The van der Waals surface area contributed by atoms with Crippen molar-refractivity contribution >= 4 is 13.6 Å². The van der Waals surface area contributed by atoms with Gasteiger partial charge < -0.3 is 14.4 Å². The van der Waals surface area contributed by atoms with Crippen molar-refractivity contribution in [2.45, 2.75) is 52.0 Å². The number of H-pyrrole nitrogens is 1. The van der Waals surface area contributed by atoms with Gasteiger partial charge in [0.25, 0.3) is 5.56 Å². The first-order chi connectivity index (χ1) is 16.0. The second-order valence-corrected chi connectivity index (χ2v) is 9.90. The Morgan fingerprint density at radius 1 is 1.32 bits per heavy atom. The molecule has 1 fully saturated rings. The summed E-state index contributed by atoms with van der Waals surface area (Å²) in [6, 6.07) is 6.70. The van der Waals surface area contributed by atoms with Crippen molar-refractivity contribution in [1.29, 1.82) is 0 Å². The van der Waals surface area contributed by atoms with Crippen LogP contribution in [0.4, 0.5) is 0 Å². The van der Waals surface area contributed by atoms with Crippen molar-refractivity contribution in [3.8, 4) is 5.75 Å². The fourth-order valence-corrected chi connectivity index (χ4v) is 4.66. The molecule has 12 heteroatoms. The van der Waals surface area contributed by atoms with Gasteiger partial charge in [0, 0.05) is 31.2 Å². The molecule has 2 heterocycles. The Kier molecular flexibility index (Phi) is 8.27. The minimum absolute atomic E-state index is 0.0508. The molecular formula is C22H29N2O9P. The van der Waals surface area contributed by atoms with Gasteiger partial charge in [-0.25, -0.2) is 9.36 Å². The number of ether oxygens (including phenoxy) is 1. The van der Waals surface area contributed by atoms with Gasteiger partial charge in [0.2, 0.25) is 0 Å². The van der Waals surface area contributed by atoms with Gasteiger partial charge in [-0.15, -0.1) is 0 Å². The Balaban J connectivity index is 1.72. The molecule has 0 amide bonds. The van der Waals surface area contributed by atoms with Crippen LogP contribution in [0, 0.1) is 12.8 Å². The lowest BCUT2D eigenvalue weighted by atomic mass is 9.98. The van der Waals surface area contributed by atoms with Crippen LogP contribution in [0.15, 0.2) is 40.1 Å². The molecule has 34 heavy (non-hydrogen) atoms. The maximum atomic E-state index is 13.2. The number of ketones is 1. The summed E-state index contributed by atoms with van der Waals surface area (Å²) in [4.78, 5) is 37.5. The first kappa shape index (κ1) is 26.1. The molecule has 0 spiro atoms. The molecule has 0 saturated carbocycles. The zero-order valence-electron chi connectivity index (χ0n) is 19.4. The molecule has 0 radical (unpaired) electrons. The number of nitrogens with one attached hydrogen (secondary N) is 1. The number of aromatic amines is 1. The van der Waals surface area contributed by atoms with E-state index >= 15 is 0 Å². The number of carbonyl (C=O) groups is 1. The minimum atomic E-state index is -4.12. The van der Waals surface area contributed by atoms with Crippen molar-refractivity contribution in [2.75, 3.05) is 13.7 Å². The van der Waals surface area contributed by atoms with Crippen molar-refractivity contribution in [3.63, 3.8) is 0 Å². The number of Topliss-reactive ketones (excluding diaryl/α,β-unsaturated/α-hetero) is 1. The number of rotatable bonds is 10. The molecular weight excluding hydrogens is 467 g/mol. The third-order valence-electron chi connectivity index (χ3n) is 5.68. The third kappa shape index (κ3) is 6.11. The van der Waals surface area contributed by atoms with Crippen LogP contribution in [0.3, 0.4) is 0 Å². The van der Waals surface area contributed by atoms with E-state index in [-0.39, 0.29) is 23.9 Å². The van der Waals surface area contributed by atoms with Gasteiger partial charge in [0.1, 0.15) is 30.0 Å². The molecule has 3 rings (SSSR count). The second kappa shape index (κ2) is 10.8. The summed E-state index contributed by atoms with van der Waals surface area (Å²) in [5.74, 6) is 0.199. The summed E-state index contributed by atoms with van der Waals surface area (Å²) in [5, 5.41) is 9.72. The SMILES string of the molecule is COP(=O)(Oc1ccc(CC(C)C(C)=O)cc1)O[C@@H]1CC(n2cc(C)c(=O)[nH]c2=O)O[C@@H]1CO. The fraction of sp³-hybridized carbons (Fsp3) is 0.500. The normalized spacial score (nSPS) is 22.8. The lowest BCUT2D eigenvalue weighted by Crippen LogP contribution is -2.33. The Hall–Kier alpha value is -2.56. The number of phosphoric acid groups is 1. The maximum absolute atomic E-state index is 13.2. The maximum Gasteiger partial charge on any atom is 0.530 e. The van der Waals surface area contributed by atoms with Crippen LogP contribution >= 0.6 is 7.82 Å². The molecule has 1 aliphatic rings. The number of phosphoric ester groups is 1. The molecule has 1 saturated heterocycles. The number of benzene rings is 1. The predicted octanol–water partition coefficient (Wildman–Crippen LogP) is 2.11. The van der Waals surface area contributed by atoms with Gasteiger partial charge >= 0.3 is 13.5 Å². The van der Waals surface area contributed by atoms with Crippen molar-refractivity contribution < 1.29 is 32.8 Å². The number of aliphatic hydroxyl groups is 1. The fourth-order valence-electron chi connectivity index (χ4n) is 3.53. The van der Waals surface area contributed by atoms with E-state index in [1.165, 1.54) is 17.9 Å². The highest BCUT2D eigenvalue weighted by Gasteiger charge is 2.43. The van der Waals surface area contributed by atoms with Gasteiger partial charge in [-0.05, 0) is 38.0 Å². The summed E-state index contributed by atoms with van der Waals surface area (Å²) < 4.78 is 36.2. The number of hydrogen-bond donors (Lipinski definition) is 2. The van der Waals surface area contributed by atoms with Gasteiger partial charge in [-0.1, -0.05) is 19.1 Å². The van der Waals surface area contributed by atoms with Gasteiger partial charge in [0.15, 0.2) is 0 Å². The lowest BCUT2D eigenvalue weighted by Gasteiger charge is -2.22. The summed E-state index contributed by atoms with van der Waals surface area (Å²) >= 11 is 0. The topological polar surface area (TPSA) is 146 Å². The molecule has 1 aromatic heterocycles. The zero-order chi connectivity index (χ0) is 25.0. The lowest BCUT2D eigenvalue weighted by molar-refractivity contribution is -0.120. The molecule has 2 N–H and O–H groups in total. The highest BCUT2D eigenvalue weighted by molar-refractivity contribution is 7.48. The molecule has 3 unspecified atom stereocenters. The zero-order valence-corrected chi connectivity index (χ0v) is 20.3. The first-order valence-corrected chi connectivity index (χ1v) is 12.2. The number of aromatic nitrogens is 2. The quantitative estimate of drug-likeness (QED) is 0.472. The third-order valence-corrected chi connectivity index (χ3v) is 7.09. The minimum Gasteiger partial charge on any atom is -0.404 e. The number of hydrogen-bond acceptors (Lipinski definition) is 9. The summed E-state index contributed by atoms with van der Waals surface area (Å²) in [7, 11) is -2.95. The van der Waals surface area contributed by atoms with Gasteiger partial charge in [-0.3, -0.25) is 28.2 Å². The molecule has 5 atom stereocenters. The van der Waals surface area contributed by atoms with E-state index in [4.69, 9.17) is 18.3 Å². The molecule has 0 bridgehead atoms. The summed E-state index contributed by atoms with van der Waals surface area (Å²) in [5.41, 5.74) is 0.0329. The molecule has 11 nitrogen and oxygen atoms in total. The Labute approximate surface area is 196 Å².